The summed E-state index contributed by atoms with van der Waals surface area (Å²) in [7, 11) is 1.53. The number of nitrogens with zero attached hydrogens (tertiary/aromatic N) is 1. The fourth-order valence-corrected chi connectivity index (χ4v) is 2.13. The maximum Gasteiger partial charge on any atom is 0.150 e. The molecule has 0 bridgehead atoms. The molecule has 0 saturated heterocycles. The summed E-state index contributed by atoms with van der Waals surface area (Å²) in [6.07, 6.45) is 0. The van der Waals surface area contributed by atoms with Crippen molar-refractivity contribution in [1.29, 1.82) is 0 Å². The molecular formula is C14H11BrF3N. The van der Waals surface area contributed by atoms with Gasteiger partial charge in [0.2, 0.25) is 0 Å². The number of hydrogen-bond acceptors (Lipinski definition) is 1. The van der Waals surface area contributed by atoms with E-state index in [-0.39, 0.29) is 5.69 Å². The standard InChI is InChI=1S/C14H11BrF3N/c1-19(11-4-2-10(16)3-5-11)14-12(17)6-9(8-15)7-13(14)18/h2-7H,8H2,1H3. The molecule has 0 fully saturated rings. The van der Waals surface area contributed by atoms with Crippen molar-refractivity contribution >= 4 is 27.3 Å². The second-order valence-corrected chi connectivity index (χ2v) is 4.64. The summed E-state index contributed by atoms with van der Waals surface area (Å²) < 4.78 is 40.7. The van der Waals surface area contributed by atoms with Crippen LogP contribution in [0.3, 0.4) is 0 Å². The van der Waals surface area contributed by atoms with Gasteiger partial charge in [-0.25, -0.2) is 13.2 Å². The Morgan fingerprint density at radius 1 is 1.00 bits per heavy atom. The van der Waals surface area contributed by atoms with Crippen LogP contribution in [0.5, 0.6) is 0 Å². The topological polar surface area (TPSA) is 3.24 Å². The van der Waals surface area contributed by atoms with Gasteiger partial charge in [0, 0.05) is 18.1 Å². The first-order chi connectivity index (χ1) is 9.02. The minimum atomic E-state index is -0.652. The predicted octanol–water partition coefficient (Wildman–Crippen LogP) is 4.77. The van der Waals surface area contributed by atoms with E-state index in [1.807, 2.05) is 0 Å². The number of anilines is 2. The molecule has 2 rings (SSSR count). The van der Waals surface area contributed by atoms with Gasteiger partial charge in [0.1, 0.15) is 23.1 Å². The zero-order valence-electron chi connectivity index (χ0n) is 10.1. The highest BCUT2D eigenvalue weighted by molar-refractivity contribution is 9.08. The first-order valence-electron chi connectivity index (χ1n) is 5.56. The van der Waals surface area contributed by atoms with Gasteiger partial charge in [0.25, 0.3) is 0 Å². The van der Waals surface area contributed by atoms with Crippen LogP contribution in [0, 0.1) is 17.5 Å². The fraction of sp³-hybridized carbons (Fsp3) is 0.143. The fourth-order valence-electron chi connectivity index (χ4n) is 1.81. The Morgan fingerprint density at radius 3 is 2.00 bits per heavy atom. The SMILES string of the molecule is CN(c1ccc(F)cc1)c1c(F)cc(CBr)cc1F. The lowest BCUT2D eigenvalue weighted by molar-refractivity contribution is 0.582. The van der Waals surface area contributed by atoms with Crippen molar-refractivity contribution in [1.82, 2.24) is 0 Å². The minimum Gasteiger partial charge on any atom is -0.340 e. The molecule has 0 aliphatic carbocycles. The molecule has 19 heavy (non-hydrogen) atoms. The first kappa shape index (κ1) is 13.9. The van der Waals surface area contributed by atoms with Gasteiger partial charge < -0.3 is 4.90 Å². The highest BCUT2D eigenvalue weighted by Gasteiger charge is 2.16. The van der Waals surface area contributed by atoms with Crippen molar-refractivity contribution in [3.8, 4) is 0 Å². The Hall–Kier alpha value is -1.49. The second kappa shape index (κ2) is 5.65. The average Bonchev–Trinajstić information content (AvgIpc) is 2.38. The minimum absolute atomic E-state index is 0.156. The quantitative estimate of drug-likeness (QED) is 0.733. The van der Waals surface area contributed by atoms with Crippen molar-refractivity contribution in [2.75, 3.05) is 11.9 Å². The van der Waals surface area contributed by atoms with Gasteiger partial charge in [-0.2, -0.15) is 0 Å². The molecule has 1 nitrogen and oxygen atoms in total. The molecule has 0 saturated carbocycles. The van der Waals surface area contributed by atoms with Gasteiger partial charge >= 0.3 is 0 Å². The van der Waals surface area contributed by atoms with Crippen molar-refractivity contribution in [3.63, 3.8) is 0 Å². The Labute approximate surface area is 117 Å². The van der Waals surface area contributed by atoms with E-state index in [2.05, 4.69) is 15.9 Å². The summed E-state index contributed by atoms with van der Waals surface area (Å²) >= 11 is 3.15. The Morgan fingerprint density at radius 2 is 1.53 bits per heavy atom. The van der Waals surface area contributed by atoms with Crippen molar-refractivity contribution in [3.05, 3.63) is 59.4 Å². The maximum atomic E-state index is 13.9. The van der Waals surface area contributed by atoms with Crippen LogP contribution < -0.4 is 4.90 Å². The van der Waals surface area contributed by atoms with E-state index in [9.17, 15) is 13.2 Å². The highest BCUT2D eigenvalue weighted by atomic mass is 79.9. The molecule has 0 N–H and O–H groups in total. The lowest BCUT2D eigenvalue weighted by Crippen LogP contribution is -2.13. The molecule has 0 aliphatic heterocycles. The Bertz CT molecular complexity index is 561. The molecule has 2 aromatic carbocycles. The normalized spacial score (nSPS) is 10.6. The van der Waals surface area contributed by atoms with Gasteiger partial charge in [-0.3, -0.25) is 0 Å². The van der Waals surface area contributed by atoms with E-state index in [4.69, 9.17) is 0 Å². The average molecular weight is 330 g/mol. The smallest absolute Gasteiger partial charge is 0.150 e. The van der Waals surface area contributed by atoms with E-state index in [1.165, 1.54) is 48.3 Å². The molecule has 2 aromatic rings. The van der Waals surface area contributed by atoms with Gasteiger partial charge in [0.05, 0.1) is 0 Å². The highest BCUT2D eigenvalue weighted by Crippen LogP contribution is 2.30. The van der Waals surface area contributed by atoms with E-state index in [1.54, 1.807) is 0 Å². The van der Waals surface area contributed by atoms with Crippen LogP contribution in [0.1, 0.15) is 5.56 Å². The summed E-state index contributed by atoms with van der Waals surface area (Å²) in [6, 6.07) is 7.96. The number of rotatable bonds is 3. The Kier molecular flexibility index (Phi) is 4.14. The van der Waals surface area contributed by atoms with Crippen molar-refractivity contribution < 1.29 is 13.2 Å². The summed E-state index contributed by atoms with van der Waals surface area (Å²) in [6.45, 7) is 0. The Balaban J connectivity index is 2.44. The molecule has 0 amide bonds. The lowest BCUT2D eigenvalue weighted by Gasteiger charge is -2.21. The van der Waals surface area contributed by atoms with E-state index >= 15 is 0 Å². The molecular weight excluding hydrogens is 319 g/mol. The number of benzene rings is 2. The van der Waals surface area contributed by atoms with Crippen LogP contribution in [-0.4, -0.2) is 7.05 Å². The summed E-state index contributed by atoms with van der Waals surface area (Å²) in [4.78, 5) is 1.35. The number of hydrogen-bond donors (Lipinski definition) is 0. The zero-order chi connectivity index (χ0) is 14.0. The molecule has 0 unspecified atom stereocenters. The molecule has 0 spiro atoms. The molecule has 0 heterocycles. The predicted molar refractivity (Wildman–Crippen MR) is 73.5 cm³/mol. The monoisotopic (exact) mass is 329 g/mol. The molecule has 0 aliphatic rings. The van der Waals surface area contributed by atoms with Crippen LogP contribution in [0.4, 0.5) is 24.5 Å². The van der Waals surface area contributed by atoms with Crippen LogP contribution in [0.25, 0.3) is 0 Å². The second-order valence-electron chi connectivity index (χ2n) is 4.08. The zero-order valence-corrected chi connectivity index (χ0v) is 11.7. The van der Waals surface area contributed by atoms with E-state index in [0.717, 1.165) is 0 Å². The summed E-state index contributed by atoms with van der Waals surface area (Å²) in [5.74, 6) is -1.70. The lowest BCUT2D eigenvalue weighted by atomic mass is 10.2. The third-order valence-electron chi connectivity index (χ3n) is 2.78. The van der Waals surface area contributed by atoms with Gasteiger partial charge in [-0.15, -0.1) is 0 Å². The van der Waals surface area contributed by atoms with Crippen LogP contribution in [0.15, 0.2) is 36.4 Å². The van der Waals surface area contributed by atoms with Crippen LogP contribution in [0.2, 0.25) is 0 Å². The van der Waals surface area contributed by atoms with E-state index < -0.39 is 17.5 Å². The van der Waals surface area contributed by atoms with Crippen LogP contribution >= 0.6 is 15.9 Å². The maximum absolute atomic E-state index is 13.9. The van der Waals surface area contributed by atoms with E-state index in [0.29, 0.717) is 16.6 Å². The number of halogens is 4. The van der Waals surface area contributed by atoms with Gasteiger partial charge in [0.15, 0.2) is 0 Å². The van der Waals surface area contributed by atoms with Crippen molar-refractivity contribution in [2.45, 2.75) is 5.33 Å². The molecule has 0 radical (unpaired) electrons. The summed E-state index contributed by atoms with van der Waals surface area (Å²) in [5.41, 5.74) is 0.869. The molecule has 0 aromatic heterocycles. The molecule has 5 heteroatoms. The third-order valence-corrected chi connectivity index (χ3v) is 3.43. The van der Waals surface area contributed by atoms with Gasteiger partial charge in [-0.1, -0.05) is 15.9 Å². The molecule has 0 atom stereocenters. The number of alkyl halides is 1. The van der Waals surface area contributed by atoms with Crippen molar-refractivity contribution in [2.24, 2.45) is 0 Å². The van der Waals surface area contributed by atoms with Crippen LogP contribution in [-0.2, 0) is 5.33 Å². The molecule has 100 valence electrons. The summed E-state index contributed by atoms with van der Waals surface area (Å²) in [5, 5.41) is 0.376. The first-order valence-corrected chi connectivity index (χ1v) is 6.68. The largest absolute Gasteiger partial charge is 0.340 e. The third kappa shape index (κ3) is 2.92. The van der Waals surface area contributed by atoms with Gasteiger partial charge in [-0.05, 0) is 42.0 Å².